The minimum absolute atomic E-state index is 0.00384. The molecule has 0 bridgehead atoms. The molecule has 0 saturated carbocycles. The molecule has 1 rings (SSSR count). The van der Waals surface area contributed by atoms with E-state index in [1.54, 1.807) is 19.4 Å². The van der Waals surface area contributed by atoms with Gasteiger partial charge in [0.15, 0.2) is 5.84 Å². The molecule has 0 aliphatic rings. The van der Waals surface area contributed by atoms with Crippen LogP contribution in [-0.4, -0.2) is 42.8 Å². The van der Waals surface area contributed by atoms with Crippen LogP contribution in [0.3, 0.4) is 0 Å². The Morgan fingerprint density at radius 3 is 2.82 bits per heavy atom. The second-order valence-corrected chi connectivity index (χ2v) is 3.80. The summed E-state index contributed by atoms with van der Waals surface area (Å²) in [5.41, 5.74) is 6.83. The van der Waals surface area contributed by atoms with Crippen LogP contribution in [0.4, 0.5) is 5.69 Å². The van der Waals surface area contributed by atoms with Gasteiger partial charge >= 0.3 is 0 Å². The van der Waals surface area contributed by atoms with Gasteiger partial charge in [-0.2, -0.15) is 0 Å². The third-order valence-corrected chi connectivity index (χ3v) is 2.59. The Morgan fingerprint density at radius 2 is 2.35 bits per heavy atom. The molecule has 1 atom stereocenters. The lowest BCUT2D eigenvalue weighted by molar-refractivity contribution is 0.183. The molecule has 1 unspecified atom stereocenters. The maximum atomic E-state index is 8.52. The zero-order valence-electron chi connectivity index (χ0n) is 10.3. The van der Waals surface area contributed by atoms with Crippen LogP contribution in [0.25, 0.3) is 0 Å². The molecule has 0 aliphatic carbocycles. The van der Waals surface area contributed by atoms with E-state index in [9.17, 15) is 0 Å². The van der Waals surface area contributed by atoms with Gasteiger partial charge in [-0.25, -0.2) is 0 Å². The van der Waals surface area contributed by atoms with Crippen molar-refractivity contribution in [3.63, 3.8) is 0 Å². The van der Waals surface area contributed by atoms with Crippen LogP contribution < -0.4 is 10.6 Å². The van der Waals surface area contributed by atoms with Gasteiger partial charge < -0.3 is 20.6 Å². The molecule has 1 heterocycles. The van der Waals surface area contributed by atoms with Crippen LogP contribution in [0.15, 0.2) is 23.5 Å². The first-order valence-corrected chi connectivity index (χ1v) is 5.25. The highest BCUT2D eigenvalue weighted by Crippen LogP contribution is 2.14. The Hall–Kier alpha value is -1.82. The van der Waals surface area contributed by atoms with E-state index < -0.39 is 0 Å². The number of nitrogens with zero attached hydrogens (tertiary/aromatic N) is 3. The summed E-state index contributed by atoms with van der Waals surface area (Å²) in [7, 11) is 3.63. The van der Waals surface area contributed by atoms with E-state index in [1.807, 2.05) is 18.0 Å². The van der Waals surface area contributed by atoms with Gasteiger partial charge in [0.25, 0.3) is 0 Å². The Bertz CT molecular complexity index is 378. The lowest BCUT2D eigenvalue weighted by Crippen LogP contribution is -2.32. The summed E-state index contributed by atoms with van der Waals surface area (Å²) in [6.45, 7) is 2.69. The second-order valence-electron chi connectivity index (χ2n) is 3.80. The quantitative estimate of drug-likeness (QED) is 0.340. The van der Waals surface area contributed by atoms with Crippen molar-refractivity contribution in [1.29, 1.82) is 0 Å². The molecule has 3 N–H and O–H groups in total. The molecule has 1 aromatic heterocycles. The molecule has 94 valence electrons. The molecule has 0 aliphatic heterocycles. The molecule has 17 heavy (non-hydrogen) atoms. The van der Waals surface area contributed by atoms with E-state index in [2.05, 4.69) is 17.1 Å². The highest BCUT2D eigenvalue weighted by atomic mass is 16.5. The van der Waals surface area contributed by atoms with E-state index >= 15 is 0 Å². The van der Waals surface area contributed by atoms with E-state index in [1.165, 1.54) is 0 Å². The van der Waals surface area contributed by atoms with Crippen molar-refractivity contribution in [2.75, 3.05) is 25.7 Å². The first-order chi connectivity index (χ1) is 8.10. The average Bonchev–Trinajstić information content (AvgIpc) is 2.37. The molecular formula is C11H18N4O2. The highest BCUT2D eigenvalue weighted by molar-refractivity contribution is 5.95. The fourth-order valence-corrected chi connectivity index (χ4v) is 1.40. The number of hydrogen-bond acceptors (Lipinski definition) is 5. The maximum absolute atomic E-state index is 8.52. The van der Waals surface area contributed by atoms with Gasteiger partial charge in [0, 0.05) is 20.2 Å². The van der Waals surface area contributed by atoms with Gasteiger partial charge in [0.05, 0.1) is 18.5 Å². The van der Waals surface area contributed by atoms with Crippen LogP contribution in [0, 0.1) is 0 Å². The predicted molar refractivity (Wildman–Crippen MR) is 66.5 cm³/mol. The summed E-state index contributed by atoms with van der Waals surface area (Å²) >= 11 is 0. The zero-order chi connectivity index (χ0) is 12.8. The first-order valence-electron chi connectivity index (χ1n) is 5.25. The lowest BCUT2D eigenvalue weighted by atomic mass is 10.2. The second kappa shape index (κ2) is 6.05. The monoisotopic (exact) mass is 238 g/mol. The van der Waals surface area contributed by atoms with Gasteiger partial charge in [-0.3, -0.25) is 4.98 Å². The summed E-state index contributed by atoms with van der Waals surface area (Å²) in [6.07, 6.45) is 1.68. The van der Waals surface area contributed by atoms with Gasteiger partial charge in [-0.05, 0) is 19.1 Å². The number of anilines is 1. The maximum Gasteiger partial charge on any atom is 0.188 e. The van der Waals surface area contributed by atoms with Crippen molar-refractivity contribution < 1.29 is 9.94 Å². The number of oxime groups is 1. The van der Waals surface area contributed by atoms with Crippen molar-refractivity contribution in [3.05, 3.63) is 24.0 Å². The third-order valence-electron chi connectivity index (χ3n) is 2.59. The normalized spacial score (nSPS) is 13.5. The van der Waals surface area contributed by atoms with Crippen molar-refractivity contribution >= 4 is 11.5 Å². The SMILES string of the molecule is COCC(C)N(C)c1ccc(/C(N)=N/O)nc1. The molecular weight excluding hydrogens is 220 g/mol. The molecule has 6 nitrogen and oxygen atoms in total. The number of likely N-dealkylation sites (N-methyl/N-ethyl adjacent to an activating group) is 1. The summed E-state index contributed by atoms with van der Waals surface area (Å²) in [4.78, 5) is 6.16. The van der Waals surface area contributed by atoms with E-state index in [-0.39, 0.29) is 11.9 Å². The average molecular weight is 238 g/mol. The van der Waals surface area contributed by atoms with Gasteiger partial charge in [0.1, 0.15) is 5.69 Å². The number of hydrogen-bond donors (Lipinski definition) is 2. The van der Waals surface area contributed by atoms with Crippen LogP contribution >= 0.6 is 0 Å². The minimum atomic E-state index is 0.00384. The molecule has 0 spiro atoms. The zero-order valence-corrected chi connectivity index (χ0v) is 10.3. The Kier molecular flexibility index (Phi) is 4.71. The molecule has 0 saturated heterocycles. The lowest BCUT2D eigenvalue weighted by Gasteiger charge is -2.26. The van der Waals surface area contributed by atoms with Crippen LogP contribution in [0.1, 0.15) is 12.6 Å². The summed E-state index contributed by atoms with van der Waals surface area (Å²) in [5.74, 6) is 0.00384. The number of nitrogens with two attached hydrogens (primary N) is 1. The summed E-state index contributed by atoms with van der Waals surface area (Å²) in [5, 5.41) is 11.4. The van der Waals surface area contributed by atoms with Gasteiger partial charge in [-0.1, -0.05) is 5.16 Å². The number of aromatic nitrogens is 1. The largest absolute Gasteiger partial charge is 0.409 e. The summed E-state index contributed by atoms with van der Waals surface area (Å²) in [6, 6.07) is 3.82. The number of rotatable bonds is 5. The van der Waals surface area contributed by atoms with Crippen molar-refractivity contribution in [2.24, 2.45) is 10.9 Å². The van der Waals surface area contributed by atoms with Crippen molar-refractivity contribution in [3.8, 4) is 0 Å². The van der Waals surface area contributed by atoms with Crippen molar-refractivity contribution in [2.45, 2.75) is 13.0 Å². The molecule has 0 fully saturated rings. The van der Waals surface area contributed by atoms with E-state index in [4.69, 9.17) is 15.7 Å². The topological polar surface area (TPSA) is 84.0 Å². The van der Waals surface area contributed by atoms with Crippen LogP contribution in [0.5, 0.6) is 0 Å². The first kappa shape index (κ1) is 13.2. The fourth-order valence-electron chi connectivity index (χ4n) is 1.40. The Labute approximate surface area is 101 Å². The van der Waals surface area contributed by atoms with Crippen molar-refractivity contribution in [1.82, 2.24) is 4.98 Å². The summed E-state index contributed by atoms with van der Waals surface area (Å²) < 4.78 is 5.09. The minimum Gasteiger partial charge on any atom is -0.409 e. The highest BCUT2D eigenvalue weighted by Gasteiger charge is 2.10. The fraction of sp³-hybridized carbons (Fsp3) is 0.455. The molecule has 0 aromatic carbocycles. The number of pyridine rings is 1. The van der Waals surface area contributed by atoms with Crippen LogP contribution in [-0.2, 0) is 4.74 Å². The molecule has 0 radical (unpaired) electrons. The Morgan fingerprint density at radius 1 is 1.65 bits per heavy atom. The van der Waals surface area contributed by atoms with E-state index in [0.29, 0.717) is 12.3 Å². The molecule has 0 amide bonds. The Balaban J connectivity index is 2.80. The molecule has 1 aromatic rings. The predicted octanol–water partition coefficient (Wildman–Crippen LogP) is 0.647. The number of ether oxygens (including phenoxy) is 1. The van der Waals surface area contributed by atoms with E-state index in [0.717, 1.165) is 5.69 Å². The number of methoxy groups -OCH3 is 1. The third kappa shape index (κ3) is 3.32. The van der Waals surface area contributed by atoms with Gasteiger partial charge in [0.2, 0.25) is 0 Å². The number of amidine groups is 1. The smallest absolute Gasteiger partial charge is 0.188 e. The van der Waals surface area contributed by atoms with Crippen LogP contribution in [0.2, 0.25) is 0 Å². The standard InChI is InChI=1S/C11H18N4O2/c1-8(7-17-3)15(2)9-4-5-10(13-6-9)11(12)14-16/h4-6,8,16H,7H2,1-3H3,(H2,12,14). The molecule has 6 heteroatoms. The van der Waals surface area contributed by atoms with Gasteiger partial charge in [-0.15, -0.1) is 0 Å².